The fraction of sp³-hybridized carbons (Fsp3) is 0.476. The van der Waals surface area contributed by atoms with Crippen LogP contribution in [0.4, 0.5) is 5.82 Å². The minimum absolute atomic E-state index is 0.0907. The number of halogens is 1. The molecule has 0 radical (unpaired) electrons. The molecule has 2 aromatic rings. The number of hydrogen-bond acceptors (Lipinski definition) is 5. The van der Waals surface area contributed by atoms with E-state index in [1.807, 2.05) is 29.2 Å². The second kappa shape index (κ2) is 8.05. The maximum atomic E-state index is 12.0. The largest absolute Gasteiger partial charge is 0.364 e. The number of piperidine rings is 1. The van der Waals surface area contributed by atoms with Crippen molar-refractivity contribution >= 4 is 23.3 Å². The summed E-state index contributed by atoms with van der Waals surface area (Å²) >= 11 is 6.05. The lowest BCUT2D eigenvalue weighted by molar-refractivity contribution is -0.129. The molecule has 0 saturated carbocycles. The average molecular weight is 400 g/mol. The predicted octanol–water partition coefficient (Wildman–Crippen LogP) is 3.21. The van der Waals surface area contributed by atoms with E-state index < -0.39 is 0 Å². The number of nitrogens with one attached hydrogen (secondary N) is 1. The first-order chi connectivity index (χ1) is 13.5. The number of hydrogen-bond donors (Lipinski definition) is 1. The van der Waals surface area contributed by atoms with E-state index in [0.29, 0.717) is 24.2 Å². The van der Waals surface area contributed by atoms with Crippen LogP contribution in [0.25, 0.3) is 11.3 Å². The van der Waals surface area contributed by atoms with Crippen molar-refractivity contribution in [1.82, 2.24) is 20.0 Å². The molecular formula is C21H26ClN5O. The number of likely N-dealkylation sites (tertiary alicyclic amines) is 1. The van der Waals surface area contributed by atoms with Crippen LogP contribution >= 0.6 is 11.6 Å². The quantitative estimate of drug-likeness (QED) is 0.858. The number of aromatic nitrogens is 2. The molecule has 1 N–H and O–H groups in total. The average Bonchev–Trinajstić information content (AvgIpc) is 2.68. The molecule has 0 bridgehead atoms. The molecule has 1 fully saturated rings. The first-order valence-corrected chi connectivity index (χ1v) is 10.2. The Bertz CT molecular complexity index is 870. The highest BCUT2D eigenvalue weighted by Crippen LogP contribution is 2.33. The summed E-state index contributed by atoms with van der Waals surface area (Å²) in [4.78, 5) is 16.2. The number of benzene rings is 1. The van der Waals surface area contributed by atoms with Gasteiger partial charge in [0.2, 0.25) is 5.91 Å². The summed E-state index contributed by atoms with van der Waals surface area (Å²) in [5.74, 6) is 0.962. The highest BCUT2D eigenvalue weighted by Gasteiger charge is 2.27. The Kier molecular flexibility index (Phi) is 5.51. The van der Waals surface area contributed by atoms with Crippen LogP contribution in [0.1, 0.15) is 30.9 Å². The number of amides is 1. The van der Waals surface area contributed by atoms with E-state index in [2.05, 4.69) is 27.5 Å². The summed E-state index contributed by atoms with van der Waals surface area (Å²) in [6.45, 7) is 5.06. The molecule has 3 heterocycles. The number of rotatable bonds is 3. The second-order valence-electron chi connectivity index (χ2n) is 7.80. The molecule has 1 atom stereocenters. The minimum atomic E-state index is 0.0907. The van der Waals surface area contributed by atoms with Crippen LogP contribution in [-0.2, 0) is 17.8 Å². The SMILES string of the molecule is CC(=O)N1CCc2c(NC3CCCN(C)C3)nnc(-c3ccc(Cl)cc3)c2C1. The van der Waals surface area contributed by atoms with Crippen molar-refractivity contribution in [1.29, 1.82) is 0 Å². The second-order valence-corrected chi connectivity index (χ2v) is 8.23. The molecule has 1 amide bonds. The standard InChI is InChI=1S/C21H26ClN5O/c1-14(28)27-11-9-18-19(13-27)20(15-5-7-16(22)8-6-15)24-25-21(18)23-17-4-3-10-26(2)12-17/h5-8,17H,3-4,9-13H2,1-2H3,(H,23,25). The number of fused-ring (bicyclic) bond motifs is 1. The van der Waals surface area contributed by atoms with E-state index in [9.17, 15) is 4.79 Å². The van der Waals surface area contributed by atoms with Crippen molar-refractivity contribution < 1.29 is 4.79 Å². The molecule has 1 aromatic heterocycles. The minimum Gasteiger partial charge on any atom is -0.364 e. The Morgan fingerprint density at radius 2 is 1.96 bits per heavy atom. The van der Waals surface area contributed by atoms with Gasteiger partial charge in [-0.1, -0.05) is 23.7 Å². The third-order valence-electron chi connectivity index (χ3n) is 5.69. The highest BCUT2D eigenvalue weighted by molar-refractivity contribution is 6.30. The Balaban J connectivity index is 1.70. The van der Waals surface area contributed by atoms with Gasteiger partial charge in [0.05, 0.1) is 5.69 Å². The van der Waals surface area contributed by atoms with Gasteiger partial charge in [0.25, 0.3) is 0 Å². The molecule has 6 nitrogen and oxygen atoms in total. The zero-order valence-corrected chi connectivity index (χ0v) is 17.2. The Morgan fingerprint density at radius 1 is 1.18 bits per heavy atom. The van der Waals surface area contributed by atoms with Crippen molar-refractivity contribution in [3.05, 3.63) is 40.4 Å². The fourth-order valence-corrected chi connectivity index (χ4v) is 4.29. The van der Waals surface area contributed by atoms with E-state index in [4.69, 9.17) is 11.6 Å². The highest BCUT2D eigenvalue weighted by atomic mass is 35.5. The van der Waals surface area contributed by atoms with Gasteiger partial charge in [-0.2, -0.15) is 0 Å². The van der Waals surface area contributed by atoms with Gasteiger partial charge in [-0.15, -0.1) is 10.2 Å². The summed E-state index contributed by atoms with van der Waals surface area (Å²) in [7, 11) is 2.16. The molecule has 1 saturated heterocycles. The molecule has 28 heavy (non-hydrogen) atoms. The summed E-state index contributed by atoms with van der Waals surface area (Å²) in [5, 5.41) is 13.4. The molecular weight excluding hydrogens is 374 g/mol. The molecule has 0 aliphatic carbocycles. The molecule has 7 heteroatoms. The molecule has 1 aromatic carbocycles. The van der Waals surface area contributed by atoms with E-state index in [0.717, 1.165) is 48.6 Å². The summed E-state index contributed by atoms with van der Waals surface area (Å²) in [5.41, 5.74) is 4.09. The summed E-state index contributed by atoms with van der Waals surface area (Å²) in [6, 6.07) is 8.02. The fourth-order valence-electron chi connectivity index (χ4n) is 4.16. The Hall–Kier alpha value is -2.18. The van der Waals surface area contributed by atoms with Crippen LogP contribution in [0.2, 0.25) is 5.02 Å². The number of carbonyl (C=O) groups excluding carboxylic acids is 1. The molecule has 148 valence electrons. The van der Waals surface area contributed by atoms with E-state index in [1.54, 1.807) is 6.92 Å². The van der Waals surface area contributed by atoms with Gasteiger partial charge >= 0.3 is 0 Å². The lowest BCUT2D eigenvalue weighted by atomic mass is 9.95. The van der Waals surface area contributed by atoms with Crippen molar-refractivity contribution in [2.24, 2.45) is 0 Å². The number of likely N-dealkylation sites (N-methyl/N-ethyl adjacent to an activating group) is 1. The zero-order chi connectivity index (χ0) is 19.7. The van der Waals surface area contributed by atoms with Crippen LogP contribution in [-0.4, -0.2) is 58.6 Å². The van der Waals surface area contributed by atoms with Gasteiger partial charge in [-0.3, -0.25) is 4.79 Å². The maximum Gasteiger partial charge on any atom is 0.219 e. The monoisotopic (exact) mass is 399 g/mol. The Labute approximate surface area is 170 Å². The molecule has 4 rings (SSSR count). The van der Waals surface area contributed by atoms with Crippen LogP contribution in [0.3, 0.4) is 0 Å². The molecule has 1 unspecified atom stereocenters. The number of nitrogens with zero attached hydrogens (tertiary/aromatic N) is 4. The van der Waals surface area contributed by atoms with Gasteiger partial charge in [-0.25, -0.2) is 0 Å². The molecule has 0 spiro atoms. The molecule has 2 aliphatic heterocycles. The van der Waals surface area contributed by atoms with E-state index in [1.165, 1.54) is 12.0 Å². The first-order valence-electron chi connectivity index (χ1n) is 9.86. The summed E-state index contributed by atoms with van der Waals surface area (Å²) in [6.07, 6.45) is 3.11. The van der Waals surface area contributed by atoms with E-state index in [-0.39, 0.29) is 5.91 Å². The topological polar surface area (TPSA) is 61.4 Å². The number of carbonyl (C=O) groups is 1. The predicted molar refractivity (Wildman–Crippen MR) is 111 cm³/mol. The van der Waals surface area contributed by atoms with Gasteiger partial charge in [0.1, 0.15) is 0 Å². The Morgan fingerprint density at radius 3 is 2.68 bits per heavy atom. The third kappa shape index (κ3) is 3.98. The first kappa shape index (κ1) is 19.2. The lowest BCUT2D eigenvalue weighted by Crippen LogP contribution is -2.41. The van der Waals surface area contributed by atoms with Crippen LogP contribution in [0.15, 0.2) is 24.3 Å². The van der Waals surface area contributed by atoms with Gasteiger partial charge in [-0.05, 0) is 45.0 Å². The lowest BCUT2D eigenvalue weighted by Gasteiger charge is -2.33. The van der Waals surface area contributed by atoms with Crippen molar-refractivity contribution in [3.63, 3.8) is 0 Å². The van der Waals surface area contributed by atoms with Crippen molar-refractivity contribution in [2.45, 2.75) is 38.8 Å². The smallest absolute Gasteiger partial charge is 0.219 e. The van der Waals surface area contributed by atoms with Gasteiger partial charge < -0.3 is 15.1 Å². The van der Waals surface area contributed by atoms with Gasteiger partial charge in [0, 0.05) is 54.3 Å². The summed E-state index contributed by atoms with van der Waals surface area (Å²) < 4.78 is 0. The maximum absolute atomic E-state index is 12.0. The van der Waals surface area contributed by atoms with Crippen molar-refractivity contribution in [3.8, 4) is 11.3 Å². The van der Waals surface area contributed by atoms with E-state index >= 15 is 0 Å². The normalized spacial score (nSPS) is 20.0. The van der Waals surface area contributed by atoms with Crippen molar-refractivity contribution in [2.75, 3.05) is 32.0 Å². The van der Waals surface area contributed by atoms with Gasteiger partial charge in [0.15, 0.2) is 5.82 Å². The van der Waals surface area contributed by atoms with Crippen LogP contribution < -0.4 is 5.32 Å². The van der Waals surface area contributed by atoms with Crippen LogP contribution in [0, 0.1) is 0 Å². The third-order valence-corrected chi connectivity index (χ3v) is 5.95. The molecule has 2 aliphatic rings. The number of anilines is 1. The van der Waals surface area contributed by atoms with Crippen LogP contribution in [0.5, 0.6) is 0 Å². The zero-order valence-electron chi connectivity index (χ0n) is 16.4.